The summed E-state index contributed by atoms with van der Waals surface area (Å²) in [6.45, 7) is 18.7. The van der Waals surface area contributed by atoms with Crippen molar-refractivity contribution in [1.29, 1.82) is 0 Å². The monoisotopic (exact) mass is 631 g/mol. The highest BCUT2D eigenvalue weighted by Crippen LogP contribution is 2.77. The van der Waals surface area contributed by atoms with E-state index in [-0.39, 0.29) is 0 Å². The van der Waals surface area contributed by atoms with Crippen molar-refractivity contribution >= 4 is 0 Å². The topological polar surface area (TPSA) is 0 Å². The zero-order valence-corrected chi connectivity index (χ0v) is 32.0. The molecule has 0 saturated heterocycles. The molecular weight excluding hydrogens is 553 g/mol. The third kappa shape index (κ3) is 4.89. The Bertz CT molecular complexity index is 1030. The van der Waals surface area contributed by atoms with Gasteiger partial charge in [0.05, 0.1) is 0 Å². The molecule has 0 aliphatic heterocycles. The molecule has 8 aliphatic rings. The number of fused-ring (bicyclic) bond motifs is 12. The maximum atomic E-state index is 2.86. The molecule has 0 N–H and O–H groups in total. The number of hydrogen-bond acceptors (Lipinski definition) is 0. The van der Waals surface area contributed by atoms with Crippen LogP contribution in [0.2, 0.25) is 0 Å². The molecule has 262 valence electrons. The van der Waals surface area contributed by atoms with Gasteiger partial charge in [-0.25, -0.2) is 0 Å². The van der Waals surface area contributed by atoms with Gasteiger partial charge in [0.15, 0.2) is 0 Å². The van der Waals surface area contributed by atoms with Crippen molar-refractivity contribution in [2.45, 2.75) is 183 Å². The summed E-state index contributed by atoms with van der Waals surface area (Å²) in [5.41, 5.74) is 1.71. The van der Waals surface area contributed by atoms with E-state index in [0.29, 0.717) is 16.2 Å². The lowest BCUT2D eigenvalue weighted by molar-refractivity contribution is -0.105. The van der Waals surface area contributed by atoms with Crippen molar-refractivity contribution in [3.8, 4) is 0 Å². The van der Waals surface area contributed by atoms with Crippen molar-refractivity contribution in [2.75, 3.05) is 0 Å². The van der Waals surface area contributed by atoms with Crippen molar-refractivity contribution in [3.63, 3.8) is 0 Å². The van der Waals surface area contributed by atoms with Gasteiger partial charge in [-0.3, -0.25) is 0 Å². The predicted octanol–water partition coefficient (Wildman–Crippen LogP) is 13.6. The van der Waals surface area contributed by atoms with E-state index in [1.165, 1.54) is 25.7 Å². The van der Waals surface area contributed by atoms with Crippen LogP contribution in [0.4, 0.5) is 0 Å². The molecule has 0 aromatic rings. The van der Waals surface area contributed by atoms with Crippen LogP contribution in [0.1, 0.15) is 183 Å². The first-order valence-corrected chi connectivity index (χ1v) is 22.2. The number of hydrogen-bond donors (Lipinski definition) is 0. The molecule has 8 aliphatic carbocycles. The van der Waals surface area contributed by atoms with Gasteiger partial charge in [0.2, 0.25) is 0 Å². The summed E-state index contributed by atoms with van der Waals surface area (Å²) in [4.78, 5) is 0. The average Bonchev–Trinajstić information content (AvgIpc) is 3.59. The molecule has 8 rings (SSSR count). The Balaban J connectivity index is 1.23. The van der Waals surface area contributed by atoms with Gasteiger partial charge in [-0.1, -0.05) is 119 Å². The minimum Gasteiger partial charge on any atom is -0.0649 e. The smallest absolute Gasteiger partial charge is 0.0227 e. The SMILES string of the molecule is CCC(C)(CC)C1CC(C(C)(CC)CC)CC2(C1)C1CC3CCCCC3CC1C1C3C(CC(C)C12)CC1C2CCCCC2CCC13. The normalized spacial score (nSPS) is 51.8. The summed E-state index contributed by atoms with van der Waals surface area (Å²) in [6.07, 6.45) is 32.8. The highest BCUT2D eigenvalue weighted by atomic mass is 14.8. The first-order chi connectivity index (χ1) is 22.2. The van der Waals surface area contributed by atoms with Crippen molar-refractivity contribution < 1.29 is 0 Å². The molecule has 0 radical (unpaired) electrons. The average molecular weight is 631 g/mol. The fraction of sp³-hybridized carbons (Fsp3) is 1.00. The zero-order valence-electron chi connectivity index (χ0n) is 32.0. The fourth-order valence-corrected chi connectivity index (χ4v) is 17.4. The third-order valence-electron chi connectivity index (χ3n) is 20.3. The van der Waals surface area contributed by atoms with Crippen LogP contribution in [0.15, 0.2) is 0 Å². The lowest BCUT2D eigenvalue weighted by Gasteiger charge is -2.60. The summed E-state index contributed by atoms with van der Waals surface area (Å²) in [5, 5.41) is 0. The standard InChI is InChI=1S/C46H78/c1-8-44(6,9-2)34-26-35(45(7,10-3)11-4)28-46(27-34)40-25-32-18-13-12-17-31(32)23-39(40)42-41-33(22-29(5)43(42)46)24-38-36-19-15-14-16-30(36)20-21-37(38)41/h29-43H,8-28H2,1-7H3. The Hall–Kier alpha value is 0. The molecule has 15 atom stereocenters. The van der Waals surface area contributed by atoms with Crippen molar-refractivity contribution in [2.24, 2.45) is 105 Å². The van der Waals surface area contributed by atoms with Gasteiger partial charge < -0.3 is 0 Å². The van der Waals surface area contributed by atoms with Crippen LogP contribution in [0.3, 0.4) is 0 Å². The van der Waals surface area contributed by atoms with E-state index in [9.17, 15) is 0 Å². The number of rotatable bonds is 6. The molecular formula is C46H78. The van der Waals surface area contributed by atoms with E-state index < -0.39 is 0 Å². The summed E-state index contributed by atoms with van der Waals surface area (Å²) < 4.78 is 0. The van der Waals surface area contributed by atoms with Crippen LogP contribution >= 0.6 is 0 Å². The summed E-state index contributed by atoms with van der Waals surface area (Å²) >= 11 is 0. The zero-order chi connectivity index (χ0) is 32.0. The maximum absolute atomic E-state index is 2.86. The maximum Gasteiger partial charge on any atom is -0.0227 e. The molecule has 0 aromatic carbocycles. The van der Waals surface area contributed by atoms with Crippen LogP contribution in [0.25, 0.3) is 0 Å². The van der Waals surface area contributed by atoms with E-state index in [4.69, 9.17) is 0 Å². The molecule has 0 bridgehead atoms. The van der Waals surface area contributed by atoms with Crippen LogP contribution < -0.4 is 0 Å². The molecule has 1 spiro atoms. The van der Waals surface area contributed by atoms with Gasteiger partial charge in [0.25, 0.3) is 0 Å². The quantitative estimate of drug-likeness (QED) is 0.274. The van der Waals surface area contributed by atoms with Gasteiger partial charge in [-0.2, -0.15) is 0 Å². The summed E-state index contributed by atoms with van der Waals surface area (Å²) in [7, 11) is 0. The first-order valence-electron chi connectivity index (χ1n) is 22.2. The van der Waals surface area contributed by atoms with E-state index in [1.807, 2.05) is 0 Å². The molecule has 0 heterocycles. The predicted molar refractivity (Wildman–Crippen MR) is 196 cm³/mol. The molecule has 8 fully saturated rings. The largest absolute Gasteiger partial charge is 0.0649 e. The first kappa shape index (κ1) is 33.2. The van der Waals surface area contributed by atoms with Gasteiger partial charge in [-0.05, 0) is 169 Å². The molecule has 0 amide bonds. The van der Waals surface area contributed by atoms with Crippen LogP contribution in [0.5, 0.6) is 0 Å². The second kappa shape index (κ2) is 12.3. The highest BCUT2D eigenvalue weighted by Gasteiger charge is 2.71. The van der Waals surface area contributed by atoms with Crippen LogP contribution in [-0.4, -0.2) is 0 Å². The molecule has 8 saturated carbocycles. The molecule has 0 nitrogen and oxygen atoms in total. The molecule has 15 unspecified atom stereocenters. The van der Waals surface area contributed by atoms with Crippen molar-refractivity contribution in [3.05, 3.63) is 0 Å². The van der Waals surface area contributed by atoms with E-state index in [0.717, 1.165) is 88.8 Å². The molecule has 0 heteroatoms. The van der Waals surface area contributed by atoms with Crippen molar-refractivity contribution in [1.82, 2.24) is 0 Å². The minimum absolute atomic E-state index is 0.530. The van der Waals surface area contributed by atoms with Crippen LogP contribution in [-0.2, 0) is 0 Å². The third-order valence-corrected chi connectivity index (χ3v) is 20.3. The van der Waals surface area contributed by atoms with E-state index in [2.05, 4.69) is 48.5 Å². The molecule has 46 heavy (non-hydrogen) atoms. The minimum atomic E-state index is 0.530. The Morgan fingerprint density at radius 3 is 1.70 bits per heavy atom. The second-order valence-electron chi connectivity index (χ2n) is 21.0. The van der Waals surface area contributed by atoms with Gasteiger partial charge in [0, 0.05) is 0 Å². The van der Waals surface area contributed by atoms with E-state index >= 15 is 0 Å². The Labute approximate surface area is 287 Å². The van der Waals surface area contributed by atoms with E-state index in [1.54, 1.807) is 109 Å². The summed E-state index contributed by atoms with van der Waals surface area (Å²) in [5.74, 6) is 16.0. The lowest BCUT2D eigenvalue weighted by Crippen LogP contribution is -2.52. The highest BCUT2D eigenvalue weighted by molar-refractivity contribution is 5.19. The lowest BCUT2D eigenvalue weighted by atomic mass is 9.45. The Morgan fingerprint density at radius 1 is 0.500 bits per heavy atom. The summed E-state index contributed by atoms with van der Waals surface area (Å²) in [6, 6.07) is 0. The fourth-order valence-electron chi connectivity index (χ4n) is 17.4. The van der Waals surface area contributed by atoms with Gasteiger partial charge in [0.1, 0.15) is 0 Å². The molecule has 0 aromatic heterocycles. The van der Waals surface area contributed by atoms with Gasteiger partial charge >= 0.3 is 0 Å². The second-order valence-corrected chi connectivity index (χ2v) is 21.0. The Morgan fingerprint density at radius 2 is 1.07 bits per heavy atom. The van der Waals surface area contributed by atoms with Gasteiger partial charge in [-0.15, -0.1) is 0 Å². The van der Waals surface area contributed by atoms with Crippen LogP contribution in [0, 0.1) is 105 Å². The Kier molecular flexibility index (Phi) is 8.90.